The first-order valence-electron chi connectivity index (χ1n) is 7.56. The summed E-state index contributed by atoms with van der Waals surface area (Å²) in [5.41, 5.74) is 0.0600. The second-order valence-electron chi connectivity index (χ2n) is 6.71. The number of rotatable bonds is 5. The van der Waals surface area contributed by atoms with Crippen molar-refractivity contribution in [3.8, 4) is 0 Å². The molecule has 4 nitrogen and oxygen atoms in total. The van der Waals surface area contributed by atoms with Crippen LogP contribution in [-0.4, -0.2) is 47.3 Å². The predicted octanol–water partition coefficient (Wildman–Crippen LogP) is 2.52. The van der Waals surface area contributed by atoms with E-state index in [9.17, 15) is 4.79 Å². The maximum Gasteiger partial charge on any atom is 0.303 e. The molecule has 0 spiro atoms. The fourth-order valence-electron chi connectivity index (χ4n) is 3.28. The Balaban J connectivity index is 1.65. The summed E-state index contributed by atoms with van der Waals surface area (Å²) in [7, 11) is 0. The smallest absolute Gasteiger partial charge is 0.303 e. The highest BCUT2D eigenvalue weighted by Gasteiger charge is 2.33. The summed E-state index contributed by atoms with van der Waals surface area (Å²) >= 11 is 0. The van der Waals surface area contributed by atoms with Crippen LogP contribution in [0, 0.1) is 5.92 Å². The summed E-state index contributed by atoms with van der Waals surface area (Å²) in [6.07, 6.45) is 6.18. The third kappa shape index (κ3) is 4.77. The number of carbonyl (C=O) groups is 1. The molecular weight excluding hydrogens is 242 g/mol. The Bertz CT molecular complexity index is 309. The van der Waals surface area contributed by atoms with E-state index in [1.54, 1.807) is 0 Å². The fourth-order valence-corrected chi connectivity index (χ4v) is 3.28. The van der Waals surface area contributed by atoms with Crippen LogP contribution < -0.4 is 0 Å². The SMILES string of the molecule is CC1(C)CCC(CN2CCC(CCC(=O)O)CC2)O1. The lowest BCUT2D eigenvalue weighted by Gasteiger charge is -2.33. The third-order valence-corrected chi connectivity index (χ3v) is 4.49. The highest BCUT2D eigenvalue weighted by atomic mass is 16.5. The number of carboxylic acids is 1. The van der Waals surface area contributed by atoms with E-state index < -0.39 is 5.97 Å². The molecule has 19 heavy (non-hydrogen) atoms. The van der Waals surface area contributed by atoms with Crippen molar-refractivity contribution >= 4 is 5.97 Å². The lowest BCUT2D eigenvalue weighted by molar-refractivity contribution is -0.137. The van der Waals surface area contributed by atoms with E-state index >= 15 is 0 Å². The third-order valence-electron chi connectivity index (χ3n) is 4.49. The Labute approximate surface area is 116 Å². The van der Waals surface area contributed by atoms with Gasteiger partial charge >= 0.3 is 5.97 Å². The van der Waals surface area contributed by atoms with Gasteiger partial charge in [-0.25, -0.2) is 0 Å². The van der Waals surface area contributed by atoms with E-state index in [-0.39, 0.29) is 5.60 Å². The first-order valence-corrected chi connectivity index (χ1v) is 7.56. The molecule has 1 unspecified atom stereocenters. The number of hydrogen-bond acceptors (Lipinski definition) is 3. The standard InChI is InChI=1S/C15H27NO3/c1-15(2)8-5-13(19-15)11-16-9-6-12(7-10-16)3-4-14(17)18/h12-13H,3-11H2,1-2H3,(H,17,18). The average Bonchev–Trinajstić information content (AvgIpc) is 2.68. The van der Waals surface area contributed by atoms with Gasteiger partial charge in [-0.2, -0.15) is 0 Å². The van der Waals surface area contributed by atoms with Crippen LogP contribution in [0.1, 0.15) is 52.4 Å². The monoisotopic (exact) mass is 269 g/mol. The van der Waals surface area contributed by atoms with Crippen molar-refractivity contribution in [2.75, 3.05) is 19.6 Å². The fraction of sp³-hybridized carbons (Fsp3) is 0.933. The lowest BCUT2D eigenvalue weighted by Crippen LogP contribution is -2.39. The second kappa shape index (κ2) is 6.23. The molecule has 110 valence electrons. The highest BCUT2D eigenvalue weighted by Crippen LogP contribution is 2.30. The lowest BCUT2D eigenvalue weighted by atomic mass is 9.92. The molecule has 0 aromatic rings. The average molecular weight is 269 g/mol. The van der Waals surface area contributed by atoms with E-state index in [2.05, 4.69) is 18.7 Å². The molecule has 2 aliphatic rings. The van der Waals surface area contributed by atoms with Crippen molar-refractivity contribution in [3.63, 3.8) is 0 Å². The van der Waals surface area contributed by atoms with Gasteiger partial charge < -0.3 is 14.7 Å². The van der Waals surface area contributed by atoms with E-state index in [4.69, 9.17) is 9.84 Å². The summed E-state index contributed by atoms with van der Waals surface area (Å²) in [6, 6.07) is 0. The molecule has 0 aromatic carbocycles. The maximum absolute atomic E-state index is 10.6. The van der Waals surface area contributed by atoms with Crippen LogP contribution in [0.15, 0.2) is 0 Å². The molecule has 1 atom stereocenters. The molecule has 2 aliphatic heterocycles. The second-order valence-corrected chi connectivity index (χ2v) is 6.71. The van der Waals surface area contributed by atoms with E-state index in [0.29, 0.717) is 18.4 Å². The summed E-state index contributed by atoms with van der Waals surface area (Å²) < 4.78 is 6.04. The van der Waals surface area contributed by atoms with E-state index in [1.165, 1.54) is 6.42 Å². The normalized spacial score (nSPS) is 28.6. The molecule has 0 bridgehead atoms. The topological polar surface area (TPSA) is 49.8 Å². The maximum atomic E-state index is 10.6. The summed E-state index contributed by atoms with van der Waals surface area (Å²) in [5, 5.41) is 8.71. The van der Waals surface area contributed by atoms with Gasteiger partial charge in [0.25, 0.3) is 0 Å². The number of ether oxygens (including phenoxy) is 1. The molecule has 0 aromatic heterocycles. The molecule has 2 saturated heterocycles. The van der Waals surface area contributed by atoms with Gasteiger partial charge in [-0.05, 0) is 65.0 Å². The molecule has 2 heterocycles. The first-order chi connectivity index (χ1) is 8.94. The van der Waals surface area contributed by atoms with Crippen LogP contribution >= 0.6 is 0 Å². The van der Waals surface area contributed by atoms with Crippen molar-refractivity contribution in [1.82, 2.24) is 4.90 Å². The van der Waals surface area contributed by atoms with Gasteiger partial charge in [-0.3, -0.25) is 4.79 Å². The van der Waals surface area contributed by atoms with Crippen LogP contribution in [0.3, 0.4) is 0 Å². The Morgan fingerprint density at radius 3 is 2.53 bits per heavy atom. The van der Waals surface area contributed by atoms with Crippen LogP contribution in [-0.2, 0) is 9.53 Å². The summed E-state index contributed by atoms with van der Waals surface area (Å²) in [6.45, 7) is 7.60. The van der Waals surface area contributed by atoms with Crippen molar-refractivity contribution in [2.24, 2.45) is 5.92 Å². The largest absolute Gasteiger partial charge is 0.481 e. The van der Waals surface area contributed by atoms with Crippen LogP contribution in [0.25, 0.3) is 0 Å². The van der Waals surface area contributed by atoms with Crippen molar-refractivity contribution in [2.45, 2.75) is 64.1 Å². The molecule has 2 fully saturated rings. The molecular formula is C15H27NO3. The summed E-state index contributed by atoms with van der Waals surface area (Å²) in [4.78, 5) is 13.1. The minimum absolute atomic E-state index is 0.0600. The zero-order valence-electron chi connectivity index (χ0n) is 12.2. The Hall–Kier alpha value is -0.610. The molecule has 0 amide bonds. The minimum Gasteiger partial charge on any atom is -0.481 e. The van der Waals surface area contributed by atoms with Gasteiger partial charge in [0, 0.05) is 13.0 Å². The summed E-state index contributed by atoms with van der Waals surface area (Å²) in [5.74, 6) is -0.0581. The van der Waals surface area contributed by atoms with Gasteiger partial charge in [-0.15, -0.1) is 0 Å². The highest BCUT2D eigenvalue weighted by molar-refractivity contribution is 5.66. The van der Waals surface area contributed by atoms with Gasteiger partial charge in [-0.1, -0.05) is 0 Å². The van der Waals surface area contributed by atoms with E-state index in [1.807, 2.05) is 0 Å². The van der Waals surface area contributed by atoms with E-state index in [0.717, 1.165) is 45.3 Å². The van der Waals surface area contributed by atoms with Crippen LogP contribution in [0.2, 0.25) is 0 Å². The van der Waals surface area contributed by atoms with Crippen LogP contribution in [0.4, 0.5) is 0 Å². The molecule has 1 N–H and O–H groups in total. The van der Waals surface area contributed by atoms with Gasteiger partial charge in [0.05, 0.1) is 11.7 Å². The molecule has 0 aliphatic carbocycles. The van der Waals surface area contributed by atoms with Crippen LogP contribution in [0.5, 0.6) is 0 Å². The Morgan fingerprint density at radius 2 is 2.00 bits per heavy atom. The number of carboxylic acid groups (broad SMARTS) is 1. The predicted molar refractivity (Wildman–Crippen MR) is 74.2 cm³/mol. The first kappa shape index (κ1) is 14.8. The van der Waals surface area contributed by atoms with Crippen molar-refractivity contribution in [3.05, 3.63) is 0 Å². The zero-order chi connectivity index (χ0) is 13.9. The molecule has 4 heteroatoms. The van der Waals surface area contributed by atoms with Gasteiger partial charge in [0.15, 0.2) is 0 Å². The number of likely N-dealkylation sites (tertiary alicyclic amines) is 1. The van der Waals surface area contributed by atoms with Gasteiger partial charge in [0.2, 0.25) is 0 Å². The number of hydrogen-bond donors (Lipinski definition) is 1. The quantitative estimate of drug-likeness (QED) is 0.833. The molecule has 0 saturated carbocycles. The number of nitrogens with zero attached hydrogens (tertiary/aromatic N) is 1. The molecule has 0 radical (unpaired) electrons. The van der Waals surface area contributed by atoms with Crippen molar-refractivity contribution in [1.29, 1.82) is 0 Å². The number of aliphatic carboxylic acids is 1. The zero-order valence-corrected chi connectivity index (χ0v) is 12.2. The van der Waals surface area contributed by atoms with Crippen molar-refractivity contribution < 1.29 is 14.6 Å². The van der Waals surface area contributed by atoms with Gasteiger partial charge in [0.1, 0.15) is 0 Å². The Morgan fingerprint density at radius 1 is 1.32 bits per heavy atom. The Kier molecular flexibility index (Phi) is 4.85. The number of piperidine rings is 1. The minimum atomic E-state index is -0.663. The molecule has 2 rings (SSSR count).